The molecule has 0 saturated carbocycles. The van der Waals surface area contributed by atoms with Crippen LogP contribution in [0.4, 0.5) is 0 Å². The van der Waals surface area contributed by atoms with Gasteiger partial charge in [-0.15, -0.1) is 0 Å². The number of nitrogens with one attached hydrogen (secondary N) is 1. The van der Waals surface area contributed by atoms with E-state index in [-0.39, 0.29) is 18.3 Å². The normalized spacial score (nSPS) is 16.9. The lowest BCUT2D eigenvalue weighted by Gasteiger charge is -2.13. The zero-order chi connectivity index (χ0) is 24.4. The summed E-state index contributed by atoms with van der Waals surface area (Å²) in [4.78, 5) is 4.74. The molecule has 5 rings (SSSR count). The van der Waals surface area contributed by atoms with Crippen LogP contribution in [0.15, 0.2) is 66.7 Å². The Morgan fingerprint density at radius 3 is 2.51 bits per heavy atom. The van der Waals surface area contributed by atoms with Crippen molar-refractivity contribution in [1.29, 1.82) is 5.41 Å². The van der Waals surface area contributed by atoms with E-state index >= 15 is 0 Å². The van der Waals surface area contributed by atoms with Gasteiger partial charge in [-0.1, -0.05) is 54.6 Å². The van der Waals surface area contributed by atoms with Gasteiger partial charge in [0.05, 0.1) is 30.8 Å². The average molecular weight is 472 g/mol. The first-order valence-electron chi connectivity index (χ1n) is 11.8. The van der Waals surface area contributed by atoms with Crippen molar-refractivity contribution in [2.75, 3.05) is 20.3 Å². The van der Waals surface area contributed by atoms with Crippen molar-refractivity contribution < 1.29 is 18.9 Å². The van der Waals surface area contributed by atoms with E-state index in [4.69, 9.17) is 29.3 Å². The van der Waals surface area contributed by atoms with Crippen LogP contribution in [-0.4, -0.2) is 42.1 Å². The van der Waals surface area contributed by atoms with Crippen molar-refractivity contribution in [3.63, 3.8) is 0 Å². The Morgan fingerprint density at radius 1 is 1.00 bits per heavy atom. The number of hydrogen-bond donors (Lipinski definition) is 1. The molecule has 1 saturated heterocycles. The third-order valence-electron chi connectivity index (χ3n) is 6.09. The number of methoxy groups -OCH3 is 1. The minimum Gasteiger partial charge on any atom is -0.478 e. The molecule has 4 aromatic rings. The second kappa shape index (κ2) is 9.90. The summed E-state index contributed by atoms with van der Waals surface area (Å²) in [5.41, 5.74) is 6.82. The number of epoxide rings is 1. The van der Waals surface area contributed by atoms with Gasteiger partial charge >= 0.3 is 0 Å². The Kier molecular flexibility index (Phi) is 6.53. The van der Waals surface area contributed by atoms with Crippen LogP contribution in [0, 0.1) is 5.41 Å². The predicted octanol–water partition coefficient (Wildman–Crippen LogP) is 5.56. The molecule has 7 heteroatoms. The molecule has 3 aromatic carbocycles. The van der Waals surface area contributed by atoms with E-state index in [1.807, 2.05) is 50.2 Å². The highest BCUT2D eigenvalue weighted by atomic mass is 16.8. The molecule has 1 aliphatic rings. The quantitative estimate of drug-likeness (QED) is 0.196. The fourth-order valence-corrected chi connectivity index (χ4v) is 4.43. The largest absolute Gasteiger partial charge is 0.478 e. The van der Waals surface area contributed by atoms with Crippen LogP contribution >= 0.6 is 0 Å². The summed E-state index contributed by atoms with van der Waals surface area (Å²) in [6.07, 6.45) is -0.331. The molecule has 0 spiro atoms. The first-order valence-corrected chi connectivity index (χ1v) is 11.8. The SMILES string of the molecule is CCOC(=N)c1ccccc1-c1ccc(Cn2c(OCC)nc3cccc(C4OC4OC)c32)cc1. The van der Waals surface area contributed by atoms with Gasteiger partial charge in [0.2, 0.25) is 5.90 Å². The molecule has 1 aliphatic heterocycles. The van der Waals surface area contributed by atoms with E-state index in [9.17, 15) is 0 Å². The van der Waals surface area contributed by atoms with Gasteiger partial charge in [-0.25, -0.2) is 0 Å². The molecule has 0 radical (unpaired) electrons. The smallest absolute Gasteiger partial charge is 0.297 e. The molecule has 0 bridgehead atoms. The minimum absolute atomic E-state index is 0.104. The number of benzene rings is 3. The molecule has 2 heterocycles. The van der Waals surface area contributed by atoms with Gasteiger partial charge in [-0.3, -0.25) is 9.98 Å². The Bertz CT molecular complexity index is 1350. The second-order valence-corrected chi connectivity index (χ2v) is 8.29. The lowest BCUT2D eigenvalue weighted by atomic mass is 9.98. The zero-order valence-corrected chi connectivity index (χ0v) is 20.2. The first-order chi connectivity index (χ1) is 17.1. The molecule has 0 aliphatic carbocycles. The van der Waals surface area contributed by atoms with Gasteiger partial charge in [0.25, 0.3) is 6.01 Å². The van der Waals surface area contributed by atoms with Gasteiger partial charge < -0.3 is 18.9 Å². The number of imidazole rings is 1. The third-order valence-corrected chi connectivity index (χ3v) is 6.09. The molecule has 0 amide bonds. The predicted molar refractivity (Wildman–Crippen MR) is 135 cm³/mol. The molecule has 35 heavy (non-hydrogen) atoms. The molecule has 1 fully saturated rings. The Balaban J connectivity index is 1.49. The number of rotatable bonds is 9. The molecule has 2 atom stereocenters. The highest BCUT2D eigenvalue weighted by Gasteiger charge is 2.42. The van der Waals surface area contributed by atoms with Gasteiger partial charge in [0.1, 0.15) is 6.10 Å². The third kappa shape index (κ3) is 4.52. The Hall–Kier alpha value is -3.68. The molecular formula is C28H29N3O4. The van der Waals surface area contributed by atoms with Crippen LogP contribution in [0.25, 0.3) is 22.2 Å². The number of nitrogens with zero attached hydrogens (tertiary/aromatic N) is 2. The monoisotopic (exact) mass is 471 g/mol. The van der Waals surface area contributed by atoms with Crippen molar-refractivity contribution in [2.24, 2.45) is 0 Å². The molecule has 1 aromatic heterocycles. The number of ether oxygens (including phenoxy) is 4. The summed E-state index contributed by atoms with van der Waals surface area (Å²) in [5.74, 6) is 0.183. The van der Waals surface area contributed by atoms with Crippen LogP contribution in [0.5, 0.6) is 6.01 Å². The number of para-hydroxylation sites is 1. The number of fused-ring (bicyclic) bond motifs is 1. The van der Waals surface area contributed by atoms with Crippen molar-refractivity contribution in [2.45, 2.75) is 32.8 Å². The average Bonchev–Trinajstić information content (AvgIpc) is 3.60. The summed E-state index contributed by atoms with van der Waals surface area (Å²) >= 11 is 0. The maximum Gasteiger partial charge on any atom is 0.297 e. The van der Waals surface area contributed by atoms with Crippen molar-refractivity contribution >= 4 is 16.9 Å². The first kappa shape index (κ1) is 23.1. The highest BCUT2D eigenvalue weighted by Crippen LogP contribution is 2.43. The number of hydrogen-bond acceptors (Lipinski definition) is 6. The second-order valence-electron chi connectivity index (χ2n) is 8.29. The molecule has 180 valence electrons. The summed E-state index contributed by atoms with van der Waals surface area (Å²) in [7, 11) is 1.66. The molecule has 2 unspecified atom stereocenters. The lowest BCUT2D eigenvalue weighted by molar-refractivity contribution is 0.0950. The van der Waals surface area contributed by atoms with E-state index in [0.29, 0.717) is 25.8 Å². The van der Waals surface area contributed by atoms with Crippen molar-refractivity contribution in [3.05, 3.63) is 83.4 Å². The van der Waals surface area contributed by atoms with E-state index in [1.54, 1.807) is 7.11 Å². The zero-order valence-electron chi connectivity index (χ0n) is 20.2. The van der Waals surface area contributed by atoms with Gasteiger partial charge in [0, 0.05) is 18.2 Å². The standard InChI is InChI=1S/C28H29N3O4/c1-4-33-26(29)21-10-7-6-9-20(21)19-15-13-18(14-16-19)17-31-24-22(25-27(32-3)35-25)11-8-12-23(24)30-28(31)34-5-2/h6-16,25,27,29H,4-5,17H2,1-3H3. The van der Waals surface area contributed by atoms with E-state index in [0.717, 1.165) is 38.9 Å². The van der Waals surface area contributed by atoms with Crippen LogP contribution in [0.1, 0.15) is 36.6 Å². The van der Waals surface area contributed by atoms with Crippen LogP contribution < -0.4 is 4.74 Å². The molecule has 7 nitrogen and oxygen atoms in total. The topological polar surface area (TPSA) is 81.9 Å². The fraction of sp³-hybridized carbons (Fsp3) is 0.286. The van der Waals surface area contributed by atoms with Gasteiger partial charge in [-0.2, -0.15) is 4.98 Å². The Morgan fingerprint density at radius 2 is 1.80 bits per heavy atom. The molecular weight excluding hydrogens is 442 g/mol. The van der Waals surface area contributed by atoms with E-state index in [2.05, 4.69) is 34.9 Å². The Labute approximate surface area is 204 Å². The summed E-state index contributed by atoms with van der Waals surface area (Å²) in [6.45, 7) is 5.44. The van der Waals surface area contributed by atoms with E-state index < -0.39 is 0 Å². The number of aromatic nitrogens is 2. The minimum atomic E-state index is -0.228. The summed E-state index contributed by atoms with van der Waals surface area (Å²) in [6, 6.07) is 22.8. The highest BCUT2D eigenvalue weighted by molar-refractivity contribution is 5.98. The van der Waals surface area contributed by atoms with Crippen molar-refractivity contribution in [1.82, 2.24) is 9.55 Å². The maximum absolute atomic E-state index is 8.25. The van der Waals surface area contributed by atoms with Gasteiger partial charge in [-0.05, 0) is 42.7 Å². The van der Waals surface area contributed by atoms with Crippen molar-refractivity contribution in [3.8, 4) is 17.1 Å². The maximum atomic E-state index is 8.25. The van der Waals surface area contributed by atoms with E-state index in [1.165, 1.54) is 0 Å². The van der Waals surface area contributed by atoms with Crippen LogP contribution in [0.3, 0.4) is 0 Å². The molecule has 1 N–H and O–H groups in total. The summed E-state index contributed by atoms with van der Waals surface area (Å²) in [5, 5.41) is 8.25. The fourth-order valence-electron chi connectivity index (χ4n) is 4.43. The lowest BCUT2D eigenvalue weighted by Crippen LogP contribution is -2.07. The summed E-state index contributed by atoms with van der Waals surface area (Å²) < 4.78 is 24.6. The van der Waals surface area contributed by atoms with Crippen LogP contribution in [-0.2, 0) is 20.8 Å². The van der Waals surface area contributed by atoms with Crippen LogP contribution in [0.2, 0.25) is 0 Å². The van der Waals surface area contributed by atoms with Gasteiger partial charge in [0.15, 0.2) is 6.29 Å².